The topological polar surface area (TPSA) is 20.2 Å². The Morgan fingerprint density at radius 2 is 1.47 bits per heavy atom. The molecule has 0 heterocycles. The summed E-state index contributed by atoms with van der Waals surface area (Å²) in [6.07, 6.45) is 0. The van der Waals surface area contributed by atoms with E-state index in [0.717, 1.165) is 11.6 Å². The number of aryl methyl sites for hydroxylation is 1. The molecule has 0 fully saturated rings. The van der Waals surface area contributed by atoms with E-state index in [2.05, 4.69) is 0 Å². The smallest absolute Gasteiger partial charge is 0.200 e. The molecule has 0 aliphatic heterocycles. The second kappa shape index (κ2) is 4.95. The lowest BCUT2D eigenvalue weighted by atomic mass is 10.0. The summed E-state index contributed by atoms with van der Waals surface area (Å²) in [6.45, 7) is 1.91. The van der Waals surface area contributed by atoms with Crippen LogP contribution in [0.3, 0.4) is 0 Å². The molecule has 1 nitrogen and oxygen atoms in total. The summed E-state index contributed by atoms with van der Waals surface area (Å²) in [5.41, 5.74) is 1.78. The second-order valence-corrected chi connectivity index (χ2v) is 3.63. The summed E-state index contributed by atoms with van der Waals surface area (Å²) in [5, 5.41) is 9.00. The van der Waals surface area contributed by atoms with Crippen molar-refractivity contribution in [2.45, 2.75) is 14.4 Å². The molecule has 0 aliphatic rings. The quantitative estimate of drug-likeness (QED) is 0.783. The van der Waals surface area contributed by atoms with Gasteiger partial charge in [-0.3, -0.25) is 0 Å². The van der Waals surface area contributed by atoms with Crippen LogP contribution in [-0.4, -0.2) is 5.11 Å². The first-order valence-electron chi connectivity index (χ1n) is 4.83. The van der Waals surface area contributed by atoms with Gasteiger partial charge in [0.25, 0.3) is 0 Å². The van der Waals surface area contributed by atoms with Crippen molar-refractivity contribution in [3.63, 3.8) is 0 Å². The van der Waals surface area contributed by atoms with Crippen molar-refractivity contribution in [2.75, 3.05) is 0 Å². The Morgan fingerprint density at radius 3 is 2.06 bits per heavy atom. The number of hydrogen-bond donors (Lipinski definition) is 1. The average Bonchev–Trinajstić information content (AvgIpc) is 2.28. The molecule has 17 heavy (non-hydrogen) atoms. The van der Waals surface area contributed by atoms with Crippen LogP contribution in [0.5, 0.6) is 5.75 Å². The number of rotatable bonds is 1. The Bertz CT molecular complexity index is 518. The monoisotopic (exact) mass is 236 g/mol. The Kier molecular flexibility index (Phi) is 3.84. The predicted molar refractivity (Wildman–Crippen MR) is 64.9 cm³/mol. The summed E-state index contributed by atoms with van der Waals surface area (Å²) in [4.78, 5) is 0. The van der Waals surface area contributed by atoms with Crippen molar-refractivity contribution in [2.24, 2.45) is 0 Å². The molecule has 1 N–H and O–H groups in total. The van der Waals surface area contributed by atoms with Crippen molar-refractivity contribution in [1.29, 1.82) is 0 Å². The van der Waals surface area contributed by atoms with Gasteiger partial charge in [0.15, 0.2) is 11.6 Å². The van der Waals surface area contributed by atoms with E-state index in [-0.39, 0.29) is 13.0 Å². The third-order valence-corrected chi connectivity index (χ3v) is 2.42. The molecule has 90 valence electrons. The number of benzene rings is 2. The first-order valence-corrected chi connectivity index (χ1v) is 4.83. The number of aromatic hydroxyl groups is 1. The van der Waals surface area contributed by atoms with Crippen molar-refractivity contribution in [3.8, 4) is 16.9 Å². The first kappa shape index (κ1) is 13.2. The van der Waals surface area contributed by atoms with Crippen molar-refractivity contribution in [1.82, 2.24) is 0 Å². The van der Waals surface area contributed by atoms with E-state index >= 15 is 0 Å². The molecule has 0 saturated carbocycles. The van der Waals surface area contributed by atoms with Gasteiger partial charge in [-0.25, -0.2) is 4.39 Å². The molecule has 0 spiro atoms. The van der Waals surface area contributed by atoms with Crippen molar-refractivity contribution < 1.29 is 13.9 Å². The molecule has 2 rings (SSSR count). The largest absolute Gasteiger partial charge is 0.505 e. The van der Waals surface area contributed by atoms with Gasteiger partial charge in [-0.2, -0.15) is 4.39 Å². The second-order valence-electron chi connectivity index (χ2n) is 3.63. The van der Waals surface area contributed by atoms with Crippen molar-refractivity contribution in [3.05, 3.63) is 53.6 Å². The fourth-order valence-electron chi connectivity index (χ4n) is 1.50. The fourth-order valence-corrected chi connectivity index (χ4v) is 1.50. The molecule has 0 saturated heterocycles. The summed E-state index contributed by atoms with van der Waals surface area (Å²) >= 11 is 0. The molecular formula is C14H14F2O. The maximum Gasteiger partial charge on any atom is 0.200 e. The predicted octanol–water partition coefficient (Wildman–Crippen LogP) is 4.28. The average molecular weight is 236 g/mol. The van der Waals surface area contributed by atoms with Gasteiger partial charge in [-0.1, -0.05) is 37.3 Å². The van der Waals surface area contributed by atoms with Crippen LogP contribution in [0.25, 0.3) is 11.1 Å². The molecular weight excluding hydrogens is 222 g/mol. The highest BCUT2D eigenvalue weighted by Crippen LogP contribution is 2.29. The van der Waals surface area contributed by atoms with E-state index in [1.807, 2.05) is 19.1 Å². The zero-order chi connectivity index (χ0) is 11.7. The van der Waals surface area contributed by atoms with Gasteiger partial charge in [0, 0.05) is 5.56 Å². The molecule has 3 heteroatoms. The minimum absolute atomic E-state index is 0. The standard InChI is InChI=1S/C13H10F2O.CH4/c1-8-2-4-9(5-3-8)10-6-7-11(16)13(15)12(10)14;/h2-7,16H,1H3;1H4. The third-order valence-electron chi connectivity index (χ3n) is 2.42. The molecule has 0 aliphatic carbocycles. The third kappa shape index (κ3) is 2.44. The van der Waals surface area contributed by atoms with Gasteiger partial charge in [0.1, 0.15) is 0 Å². The highest BCUT2D eigenvalue weighted by atomic mass is 19.2. The zero-order valence-electron chi connectivity index (χ0n) is 8.67. The Balaban J connectivity index is 0.00000144. The minimum Gasteiger partial charge on any atom is -0.505 e. The van der Waals surface area contributed by atoms with Crippen molar-refractivity contribution >= 4 is 0 Å². The van der Waals surface area contributed by atoms with E-state index in [9.17, 15) is 8.78 Å². The summed E-state index contributed by atoms with van der Waals surface area (Å²) in [7, 11) is 0. The molecule has 2 aromatic carbocycles. The van der Waals surface area contributed by atoms with E-state index in [0.29, 0.717) is 5.56 Å². The summed E-state index contributed by atoms with van der Waals surface area (Å²) < 4.78 is 26.6. The maximum absolute atomic E-state index is 13.5. The van der Waals surface area contributed by atoms with Crippen LogP contribution in [0, 0.1) is 18.6 Å². The lowest BCUT2D eigenvalue weighted by molar-refractivity contribution is 0.408. The summed E-state index contributed by atoms with van der Waals surface area (Å²) in [5.74, 6) is -2.91. The molecule has 0 aromatic heterocycles. The number of phenols is 1. The number of phenolic OH excluding ortho intramolecular Hbond substituents is 1. The van der Waals surface area contributed by atoms with E-state index < -0.39 is 17.4 Å². The Hall–Kier alpha value is -1.90. The van der Waals surface area contributed by atoms with Crippen LogP contribution in [-0.2, 0) is 0 Å². The Morgan fingerprint density at radius 1 is 0.882 bits per heavy atom. The van der Waals surface area contributed by atoms with Gasteiger partial charge in [-0.05, 0) is 24.6 Å². The van der Waals surface area contributed by atoms with Crippen LogP contribution >= 0.6 is 0 Å². The Labute approximate surface area is 99.3 Å². The molecule has 0 unspecified atom stereocenters. The van der Waals surface area contributed by atoms with Gasteiger partial charge in [0.2, 0.25) is 5.82 Å². The molecule has 2 aromatic rings. The molecule has 0 bridgehead atoms. The normalized spacial score (nSPS) is 9.82. The highest BCUT2D eigenvalue weighted by Gasteiger charge is 2.13. The lowest BCUT2D eigenvalue weighted by Gasteiger charge is -2.05. The first-order chi connectivity index (χ1) is 7.59. The van der Waals surface area contributed by atoms with Crippen LogP contribution < -0.4 is 0 Å². The summed E-state index contributed by atoms with van der Waals surface area (Å²) in [6, 6.07) is 9.57. The van der Waals surface area contributed by atoms with Crippen LogP contribution in [0.2, 0.25) is 0 Å². The fraction of sp³-hybridized carbons (Fsp3) is 0.143. The zero-order valence-corrected chi connectivity index (χ0v) is 8.67. The molecule has 0 amide bonds. The van der Waals surface area contributed by atoms with Crippen LogP contribution in [0.1, 0.15) is 13.0 Å². The van der Waals surface area contributed by atoms with Gasteiger partial charge in [0.05, 0.1) is 0 Å². The SMILES string of the molecule is C.Cc1ccc(-c2ccc(O)c(F)c2F)cc1. The van der Waals surface area contributed by atoms with Gasteiger partial charge in [-0.15, -0.1) is 0 Å². The van der Waals surface area contributed by atoms with Crippen LogP contribution in [0.15, 0.2) is 36.4 Å². The highest BCUT2D eigenvalue weighted by molar-refractivity contribution is 5.65. The molecule has 0 radical (unpaired) electrons. The van der Waals surface area contributed by atoms with E-state index in [1.165, 1.54) is 6.07 Å². The number of hydrogen-bond acceptors (Lipinski definition) is 1. The number of halogens is 2. The van der Waals surface area contributed by atoms with Gasteiger partial charge < -0.3 is 5.11 Å². The minimum atomic E-state index is -1.21. The van der Waals surface area contributed by atoms with E-state index in [4.69, 9.17) is 5.11 Å². The van der Waals surface area contributed by atoms with Crippen LogP contribution in [0.4, 0.5) is 8.78 Å². The maximum atomic E-state index is 13.5. The molecule has 0 atom stereocenters. The van der Waals surface area contributed by atoms with E-state index in [1.54, 1.807) is 12.1 Å². The van der Waals surface area contributed by atoms with Gasteiger partial charge >= 0.3 is 0 Å². The lowest BCUT2D eigenvalue weighted by Crippen LogP contribution is -1.90.